The molecule has 158 valence electrons. The first-order valence-electron chi connectivity index (χ1n) is 10.0. The van der Waals surface area contributed by atoms with Gasteiger partial charge in [-0.1, -0.05) is 54.1 Å². The molecule has 0 saturated heterocycles. The van der Waals surface area contributed by atoms with Crippen molar-refractivity contribution in [2.45, 2.75) is 50.8 Å². The number of pyridine rings is 1. The summed E-state index contributed by atoms with van der Waals surface area (Å²) in [6.45, 7) is 7.75. The molecule has 3 atom stereocenters. The van der Waals surface area contributed by atoms with Crippen LogP contribution in [0.25, 0.3) is 0 Å². The van der Waals surface area contributed by atoms with Crippen molar-refractivity contribution < 1.29 is 12.6 Å². The van der Waals surface area contributed by atoms with E-state index in [0.29, 0.717) is 5.69 Å². The van der Waals surface area contributed by atoms with Gasteiger partial charge in [0.25, 0.3) is 10.1 Å². The van der Waals surface area contributed by atoms with E-state index in [1.54, 1.807) is 37.3 Å². The Balaban J connectivity index is 1.71. The molecule has 5 nitrogen and oxygen atoms in total. The van der Waals surface area contributed by atoms with E-state index < -0.39 is 16.2 Å². The highest BCUT2D eigenvalue weighted by molar-refractivity contribution is 7.86. The number of benzene rings is 2. The third-order valence-corrected chi connectivity index (χ3v) is 6.42. The van der Waals surface area contributed by atoms with Crippen LogP contribution in [0.5, 0.6) is 0 Å². The third-order valence-electron chi connectivity index (χ3n) is 5.03. The second-order valence-corrected chi connectivity index (χ2v) is 9.09. The topological polar surface area (TPSA) is 68.3 Å². The maximum Gasteiger partial charge on any atom is 0.297 e. The Hall–Kier alpha value is -2.54. The van der Waals surface area contributed by atoms with Gasteiger partial charge in [0.2, 0.25) is 0 Å². The number of rotatable bonds is 8. The van der Waals surface area contributed by atoms with Gasteiger partial charge in [0.15, 0.2) is 0 Å². The Kier molecular flexibility index (Phi) is 7.02. The van der Waals surface area contributed by atoms with Crippen LogP contribution in [0.1, 0.15) is 61.5 Å². The minimum atomic E-state index is -3.87. The van der Waals surface area contributed by atoms with Crippen molar-refractivity contribution in [2.24, 2.45) is 0 Å². The summed E-state index contributed by atoms with van der Waals surface area (Å²) in [5, 5.41) is 3.54. The highest BCUT2D eigenvalue weighted by Gasteiger charge is 2.22. The average Bonchev–Trinajstić information content (AvgIpc) is 2.74. The van der Waals surface area contributed by atoms with Crippen LogP contribution in [0.15, 0.2) is 77.7 Å². The van der Waals surface area contributed by atoms with Crippen LogP contribution in [0.3, 0.4) is 0 Å². The highest BCUT2D eigenvalue weighted by atomic mass is 32.2. The largest absolute Gasteiger partial charge is 0.302 e. The van der Waals surface area contributed by atoms with E-state index in [9.17, 15) is 8.42 Å². The lowest BCUT2D eigenvalue weighted by Gasteiger charge is -2.21. The van der Waals surface area contributed by atoms with Crippen LogP contribution < -0.4 is 5.32 Å². The Labute approximate surface area is 179 Å². The molecule has 0 aliphatic rings. The van der Waals surface area contributed by atoms with Gasteiger partial charge in [-0.2, -0.15) is 8.42 Å². The molecule has 0 aliphatic carbocycles. The molecule has 2 aromatic carbocycles. The van der Waals surface area contributed by atoms with Gasteiger partial charge in [0.1, 0.15) is 6.10 Å². The normalized spacial score (nSPS) is 14.8. The molecule has 3 aromatic rings. The summed E-state index contributed by atoms with van der Waals surface area (Å²) in [7, 11) is -3.87. The molecule has 0 fully saturated rings. The predicted octanol–water partition coefficient (Wildman–Crippen LogP) is 5.27. The van der Waals surface area contributed by atoms with E-state index in [-0.39, 0.29) is 17.0 Å². The first-order chi connectivity index (χ1) is 14.3. The van der Waals surface area contributed by atoms with E-state index in [4.69, 9.17) is 4.18 Å². The Morgan fingerprint density at radius 2 is 1.43 bits per heavy atom. The lowest BCUT2D eigenvalue weighted by Crippen LogP contribution is -2.23. The number of aryl methyl sites for hydroxylation is 1. The van der Waals surface area contributed by atoms with Gasteiger partial charge in [0, 0.05) is 12.1 Å². The number of nitrogens with one attached hydrogen (secondary N) is 1. The molecule has 0 bridgehead atoms. The number of nitrogens with zero attached hydrogens (tertiary/aromatic N) is 1. The first kappa shape index (κ1) is 22.2. The third kappa shape index (κ3) is 5.53. The molecule has 1 heterocycles. The van der Waals surface area contributed by atoms with E-state index in [2.05, 4.69) is 29.4 Å². The van der Waals surface area contributed by atoms with Gasteiger partial charge in [-0.15, -0.1) is 0 Å². The van der Waals surface area contributed by atoms with Crippen molar-refractivity contribution in [2.75, 3.05) is 0 Å². The van der Waals surface area contributed by atoms with Gasteiger partial charge < -0.3 is 5.32 Å². The van der Waals surface area contributed by atoms with Crippen LogP contribution >= 0.6 is 0 Å². The van der Waals surface area contributed by atoms with Crippen LogP contribution in [0, 0.1) is 6.92 Å². The Bertz CT molecular complexity index is 1070. The summed E-state index contributed by atoms with van der Waals surface area (Å²) in [4.78, 5) is 4.80. The fourth-order valence-electron chi connectivity index (χ4n) is 3.23. The zero-order chi connectivity index (χ0) is 21.7. The molecule has 3 rings (SSSR count). The maximum atomic E-state index is 12.6. The first-order valence-corrected chi connectivity index (χ1v) is 11.4. The molecular formula is C24H28N2O3S. The smallest absolute Gasteiger partial charge is 0.297 e. The van der Waals surface area contributed by atoms with E-state index in [1.807, 2.05) is 44.2 Å². The zero-order valence-electron chi connectivity index (χ0n) is 17.7. The molecule has 1 N–H and O–H groups in total. The second-order valence-electron chi connectivity index (χ2n) is 7.51. The van der Waals surface area contributed by atoms with Gasteiger partial charge in [0.05, 0.1) is 16.3 Å². The number of hydrogen-bond donors (Lipinski definition) is 1. The summed E-state index contributed by atoms with van der Waals surface area (Å²) in [6.07, 6.45) is -0.699. The van der Waals surface area contributed by atoms with Crippen LogP contribution in [-0.2, 0) is 14.3 Å². The lowest BCUT2D eigenvalue weighted by atomic mass is 10.1. The SMILES string of the molecule is Cc1ccc(S(=O)(=O)O[C@H](C)c2cccc([C@@H](C)N[C@H](C)c3ccccc3)n2)cc1. The molecule has 0 aliphatic heterocycles. The van der Waals surface area contributed by atoms with Crippen molar-refractivity contribution >= 4 is 10.1 Å². The summed E-state index contributed by atoms with van der Waals surface area (Å²) < 4.78 is 30.6. The molecular weight excluding hydrogens is 396 g/mol. The van der Waals surface area contributed by atoms with Gasteiger partial charge >= 0.3 is 0 Å². The number of aromatic nitrogens is 1. The quantitative estimate of drug-likeness (QED) is 0.499. The minimum Gasteiger partial charge on any atom is -0.302 e. The van der Waals surface area contributed by atoms with Gasteiger partial charge in [-0.25, -0.2) is 0 Å². The van der Waals surface area contributed by atoms with Crippen LogP contribution in [0.2, 0.25) is 0 Å². The standard InChI is InChI=1S/C24H28N2O3S/c1-17-13-15-22(16-14-17)30(27,28)29-20(4)24-12-8-11-23(26-24)19(3)25-18(2)21-9-6-5-7-10-21/h5-16,18-20,25H,1-4H3/t18-,19-,20-/m1/s1. The zero-order valence-corrected chi connectivity index (χ0v) is 18.6. The Morgan fingerprint density at radius 1 is 0.800 bits per heavy atom. The van der Waals surface area contributed by atoms with E-state index in [1.165, 1.54) is 5.56 Å². The molecule has 0 saturated carbocycles. The van der Waals surface area contributed by atoms with Crippen molar-refractivity contribution in [3.8, 4) is 0 Å². The van der Waals surface area contributed by atoms with Crippen LogP contribution in [0.4, 0.5) is 0 Å². The summed E-state index contributed by atoms with van der Waals surface area (Å²) >= 11 is 0. The predicted molar refractivity (Wildman–Crippen MR) is 119 cm³/mol. The van der Waals surface area contributed by atoms with Crippen molar-refractivity contribution in [1.29, 1.82) is 0 Å². The molecule has 6 heteroatoms. The number of hydrogen-bond acceptors (Lipinski definition) is 5. The fourth-order valence-corrected chi connectivity index (χ4v) is 4.29. The molecule has 0 spiro atoms. The molecule has 1 aromatic heterocycles. The summed E-state index contributed by atoms with van der Waals surface area (Å²) in [5.74, 6) is 0. The van der Waals surface area contributed by atoms with Crippen molar-refractivity contribution in [3.05, 3.63) is 95.3 Å². The molecule has 0 radical (unpaired) electrons. The van der Waals surface area contributed by atoms with Crippen molar-refractivity contribution in [3.63, 3.8) is 0 Å². The van der Waals surface area contributed by atoms with Crippen molar-refractivity contribution in [1.82, 2.24) is 10.3 Å². The summed E-state index contributed by atoms with van der Waals surface area (Å²) in [5.41, 5.74) is 3.59. The minimum absolute atomic E-state index is 0.0129. The monoisotopic (exact) mass is 424 g/mol. The van der Waals surface area contributed by atoms with Crippen LogP contribution in [-0.4, -0.2) is 13.4 Å². The molecule has 30 heavy (non-hydrogen) atoms. The molecule has 0 unspecified atom stereocenters. The summed E-state index contributed by atoms with van der Waals surface area (Å²) in [6, 6.07) is 22.5. The van der Waals surface area contributed by atoms with Gasteiger partial charge in [-0.05, 0) is 57.5 Å². The maximum absolute atomic E-state index is 12.6. The van der Waals surface area contributed by atoms with Gasteiger partial charge in [-0.3, -0.25) is 9.17 Å². The Morgan fingerprint density at radius 3 is 2.10 bits per heavy atom. The lowest BCUT2D eigenvalue weighted by molar-refractivity contribution is 0.228. The van der Waals surface area contributed by atoms with E-state index >= 15 is 0 Å². The highest BCUT2D eigenvalue weighted by Crippen LogP contribution is 2.24. The fraction of sp³-hybridized carbons (Fsp3) is 0.292. The molecule has 0 amide bonds. The average molecular weight is 425 g/mol. The second kappa shape index (κ2) is 9.51. The van der Waals surface area contributed by atoms with E-state index in [0.717, 1.165) is 11.3 Å².